The quantitative estimate of drug-likeness (QED) is 0.577. The summed E-state index contributed by atoms with van der Waals surface area (Å²) in [6.07, 6.45) is 4.58. The van der Waals surface area contributed by atoms with Crippen molar-refractivity contribution in [2.45, 2.75) is 32.6 Å². The summed E-state index contributed by atoms with van der Waals surface area (Å²) in [4.78, 5) is 28.9. The molecule has 0 aliphatic heterocycles. The van der Waals surface area contributed by atoms with E-state index in [9.17, 15) is 9.59 Å². The van der Waals surface area contributed by atoms with Gasteiger partial charge in [-0.3, -0.25) is 14.0 Å². The maximum absolute atomic E-state index is 12.5. The fourth-order valence-electron chi connectivity index (χ4n) is 3.15. The molecule has 0 fully saturated rings. The zero-order valence-corrected chi connectivity index (χ0v) is 16.3. The van der Waals surface area contributed by atoms with E-state index >= 15 is 0 Å². The molecular formula is C22H23N5O2. The first-order valence-electron chi connectivity index (χ1n) is 9.60. The van der Waals surface area contributed by atoms with Gasteiger partial charge in [0.15, 0.2) is 0 Å². The van der Waals surface area contributed by atoms with E-state index in [1.165, 1.54) is 0 Å². The number of nitriles is 1. The fraction of sp³-hybridized carbons (Fsp3) is 0.273. The molecule has 0 unspecified atom stereocenters. The standard InChI is InChI=1S/C22H23N5O2/c1-16-21(27-13-6-4-10-19(27)25-16)22(29)24-12-5-2-3-11-20(28)26-18-9-7-8-17(14-18)15-23/h4,6-10,13-14H,2-3,5,11-12H2,1H3,(H,24,29)(H,26,28). The lowest BCUT2D eigenvalue weighted by Crippen LogP contribution is -2.26. The fourth-order valence-corrected chi connectivity index (χ4v) is 3.15. The van der Waals surface area contributed by atoms with E-state index in [4.69, 9.17) is 5.26 Å². The molecular weight excluding hydrogens is 366 g/mol. The molecule has 0 saturated heterocycles. The normalized spacial score (nSPS) is 10.5. The van der Waals surface area contributed by atoms with Crippen LogP contribution in [-0.2, 0) is 4.79 Å². The molecule has 7 nitrogen and oxygen atoms in total. The van der Waals surface area contributed by atoms with E-state index in [2.05, 4.69) is 15.6 Å². The van der Waals surface area contributed by atoms with Crippen molar-refractivity contribution in [3.8, 4) is 6.07 Å². The van der Waals surface area contributed by atoms with E-state index in [0.29, 0.717) is 35.6 Å². The van der Waals surface area contributed by atoms with Gasteiger partial charge in [-0.25, -0.2) is 4.98 Å². The molecule has 148 valence electrons. The van der Waals surface area contributed by atoms with Crippen molar-refractivity contribution in [2.75, 3.05) is 11.9 Å². The lowest BCUT2D eigenvalue weighted by molar-refractivity contribution is -0.116. The molecule has 2 N–H and O–H groups in total. The largest absolute Gasteiger partial charge is 0.351 e. The molecule has 0 bridgehead atoms. The van der Waals surface area contributed by atoms with Gasteiger partial charge in [0.1, 0.15) is 11.3 Å². The Hall–Kier alpha value is -3.66. The number of fused-ring (bicyclic) bond motifs is 1. The molecule has 3 rings (SSSR count). The minimum absolute atomic E-state index is 0.0783. The highest BCUT2D eigenvalue weighted by Gasteiger charge is 2.15. The minimum Gasteiger partial charge on any atom is -0.351 e. The van der Waals surface area contributed by atoms with Crippen molar-refractivity contribution in [1.29, 1.82) is 5.26 Å². The molecule has 2 amide bonds. The number of carbonyl (C=O) groups is 2. The molecule has 1 aromatic carbocycles. The smallest absolute Gasteiger partial charge is 0.270 e. The number of benzene rings is 1. The number of amides is 2. The SMILES string of the molecule is Cc1nc2ccccn2c1C(=O)NCCCCCC(=O)Nc1cccc(C#N)c1. The van der Waals surface area contributed by atoms with Gasteiger partial charge >= 0.3 is 0 Å². The summed E-state index contributed by atoms with van der Waals surface area (Å²) < 4.78 is 1.79. The summed E-state index contributed by atoms with van der Waals surface area (Å²) in [5.41, 5.74) is 3.15. The Kier molecular flexibility index (Phi) is 6.59. The highest BCUT2D eigenvalue weighted by molar-refractivity contribution is 5.94. The Balaban J connectivity index is 1.37. The van der Waals surface area contributed by atoms with Crippen LogP contribution in [-0.4, -0.2) is 27.7 Å². The Morgan fingerprint density at radius 1 is 1.14 bits per heavy atom. The van der Waals surface area contributed by atoms with Gasteiger partial charge in [0.2, 0.25) is 5.91 Å². The van der Waals surface area contributed by atoms with Crippen LogP contribution in [0.3, 0.4) is 0 Å². The van der Waals surface area contributed by atoms with Crippen molar-refractivity contribution in [2.24, 2.45) is 0 Å². The van der Waals surface area contributed by atoms with E-state index in [1.54, 1.807) is 28.7 Å². The third kappa shape index (κ3) is 5.20. The Morgan fingerprint density at radius 3 is 2.83 bits per heavy atom. The van der Waals surface area contributed by atoms with Crippen molar-refractivity contribution in [3.05, 3.63) is 65.6 Å². The van der Waals surface area contributed by atoms with Crippen molar-refractivity contribution in [1.82, 2.24) is 14.7 Å². The summed E-state index contributed by atoms with van der Waals surface area (Å²) in [6, 6.07) is 14.5. The van der Waals surface area contributed by atoms with Crippen molar-refractivity contribution >= 4 is 23.1 Å². The highest BCUT2D eigenvalue weighted by atomic mass is 16.2. The first-order chi connectivity index (χ1) is 14.1. The predicted molar refractivity (Wildman–Crippen MR) is 111 cm³/mol. The summed E-state index contributed by atoms with van der Waals surface area (Å²) >= 11 is 0. The molecule has 0 radical (unpaired) electrons. The molecule has 3 aromatic rings. The van der Waals surface area contributed by atoms with Crippen LogP contribution in [0.1, 0.15) is 47.4 Å². The van der Waals surface area contributed by atoms with Crippen LogP contribution >= 0.6 is 0 Å². The van der Waals surface area contributed by atoms with Crippen LogP contribution in [0.4, 0.5) is 5.69 Å². The molecule has 0 saturated carbocycles. The lowest BCUT2D eigenvalue weighted by Gasteiger charge is -2.07. The van der Waals surface area contributed by atoms with Gasteiger partial charge in [-0.05, 0) is 50.1 Å². The Labute approximate surface area is 169 Å². The zero-order chi connectivity index (χ0) is 20.6. The number of aromatic nitrogens is 2. The molecule has 0 aliphatic carbocycles. The first kappa shape index (κ1) is 20.1. The van der Waals surface area contributed by atoms with Gasteiger partial charge in [-0.1, -0.05) is 18.6 Å². The van der Waals surface area contributed by atoms with Gasteiger partial charge in [0.05, 0.1) is 17.3 Å². The lowest BCUT2D eigenvalue weighted by atomic mass is 10.1. The number of hydrogen-bond acceptors (Lipinski definition) is 4. The number of carbonyl (C=O) groups excluding carboxylic acids is 2. The van der Waals surface area contributed by atoms with Gasteiger partial charge in [0, 0.05) is 24.8 Å². The number of rotatable bonds is 8. The second-order valence-electron chi connectivity index (χ2n) is 6.78. The molecule has 0 spiro atoms. The second kappa shape index (κ2) is 9.51. The predicted octanol–water partition coefficient (Wildman–Crippen LogP) is 3.44. The van der Waals surface area contributed by atoms with Crippen molar-refractivity contribution < 1.29 is 9.59 Å². The summed E-state index contributed by atoms with van der Waals surface area (Å²) in [5, 5.41) is 14.6. The average Bonchev–Trinajstić information content (AvgIpc) is 3.06. The van der Waals surface area contributed by atoms with Crippen LogP contribution in [0.2, 0.25) is 0 Å². The maximum Gasteiger partial charge on any atom is 0.270 e. The van der Waals surface area contributed by atoms with E-state index in [0.717, 1.165) is 24.9 Å². The summed E-state index contributed by atoms with van der Waals surface area (Å²) in [5.74, 6) is -0.221. The zero-order valence-electron chi connectivity index (χ0n) is 16.3. The number of aryl methyl sites for hydroxylation is 1. The highest BCUT2D eigenvalue weighted by Crippen LogP contribution is 2.12. The minimum atomic E-state index is -0.142. The first-order valence-corrected chi connectivity index (χ1v) is 9.60. The van der Waals surface area contributed by atoms with Crippen LogP contribution < -0.4 is 10.6 Å². The number of imidazole rings is 1. The van der Waals surface area contributed by atoms with Gasteiger partial charge in [-0.15, -0.1) is 0 Å². The number of hydrogen-bond donors (Lipinski definition) is 2. The molecule has 2 aromatic heterocycles. The number of nitrogens with zero attached hydrogens (tertiary/aromatic N) is 3. The topological polar surface area (TPSA) is 99.3 Å². The third-order valence-corrected chi connectivity index (χ3v) is 4.56. The van der Waals surface area contributed by atoms with Gasteiger partial charge in [-0.2, -0.15) is 5.26 Å². The third-order valence-electron chi connectivity index (χ3n) is 4.56. The van der Waals surface area contributed by atoms with E-state index < -0.39 is 0 Å². The van der Waals surface area contributed by atoms with E-state index in [-0.39, 0.29) is 11.8 Å². The summed E-state index contributed by atoms with van der Waals surface area (Å²) in [6.45, 7) is 2.37. The molecule has 0 atom stereocenters. The number of nitrogens with one attached hydrogen (secondary N) is 2. The van der Waals surface area contributed by atoms with Crippen LogP contribution in [0.25, 0.3) is 5.65 Å². The van der Waals surface area contributed by atoms with Crippen LogP contribution in [0, 0.1) is 18.3 Å². The monoisotopic (exact) mass is 389 g/mol. The summed E-state index contributed by atoms with van der Waals surface area (Å²) in [7, 11) is 0. The number of unbranched alkanes of at least 4 members (excludes halogenated alkanes) is 2. The van der Waals surface area contributed by atoms with Gasteiger partial charge in [0.25, 0.3) is 5.91 Å². The van der Waals surface area contributed by atoms with Crippen molar-refractivity contribution in [3.63, 3.8) is 0 Å². The molecule has 2 heterocycles. The molecule has 7 heteroatoms. The van der Waals surface area contributed by atoms with Gasteiger partial charge < -0.3 is 10.6 Å². The number of anilines is 1. The van der Waals surface area contributed by atoms with Crippen LogP contribution in [0.5, 0.6) is 0 Å². The molecule has 29 heavy (non-hydrogen) atoms. The number of pyridine rings is 1. The Bertz CT molecular complexity index is 1060. The Morgan fingerprint density at radius 2 is 2.00 bits per heavy atom. The maximum atomic E-state index is 12.5. The average molecular weight is 389 g/mol. The van der Waals surface area contributed by atoms with Crippen LogP contribution in [0.15, 0.2) is 48.7 Å². The van der Waals surface area contributed by atoms with E-state index in [1.807, 2.05) is 37.4 Å². The second-order valence-corrected chi connectivity index (χ2v) is 6.78. The molecule has 0 aliphatic rings.